The third kappa shape index (κ3) is 5.01. The molecule has 0 aromatic rings. The lowest BCUT2D eigenvalue weighted by molar-refractivity contribution is -0.122. The van der Waals surface area contributed by atoms with E-state index in [1.807, 2.05) is 7.05 Å². The molecule has 1 rings (SSSR count). The lowest BCUT2D eigenvalue weighted by Crippen LogP contribution is -2.49. The van der Waals surface area contributed by atoms with Gasteiger partial charge in [-0.1, -0.05) is 6.42 Å². The van der Waals surface area contributed by atoms with Crippen LogP contribution in [0.2, 0.25) is 0 Å². The van der Waals surface area contributed by atoms with Crippen LogP contribution in [0.25, 0.3) is 0 Å². The Morgan fingerprint density at radius 2 is 2.17 bits per heavy atom. The number of imide groups is 1. The summed E-state index contributed by atoms with van der Waals surface area (Å²) in [7, 11) is 1.91. The normalized spacial score (nSPS) is 20.4. The predicted molar refractivity (Wildman–Crippen MR) is 68.3 cm³/mol. The number of piperidine rings is 1. The molecule has 0 aromatic heterocycles. The number of carbonyl (C=O) groups is 2. The Bertz CT molecular complexity index is 282. The van der Waals surface area contributed by atoms with E-state index < -0.39 is 6.09 Å². The number of rotatable bonds is 5. The summed E-state index contributed by atoms with van der Waals surface area (Å²) >= 11 is 0. The van der Waals surface area contributed by atoms with Crippen LogP contribution in [0.15, 0.2) is 0 Å². The third-order valence-electron chi connectivity index (χ3n) is 3.05. The zero-order chi connectivity index (χ0) is 13.4. The average molecular weight is 257 g/mol. The highest BCUT2D eigenvalue weighted by atomic mass is 16.5. The smallest absolute Gasteiger partial charge is 0.413 e. The number of carbonyl (C=O) groups excluding carboxylic acids is 2. The van der Waals surface area contributed by atoms with Crippen molar-refractivity contribution in [2.75, 3.05) is 33.3 Å². The van der Waals surface area contributed by atoms with E-state index >= 15 is 0 Å². The number of nitrogens with one attached hydrogen (secondary N) is 2. The monoisotopic (exact) mass is 257 g/mol. The number of nitrogens with zero attached hydrogens (tertiary/aromatic N) is 1. The van der Waals surface area contributed by atoms with Gasteiger partial charge in [-0.25, -0.2) is 4.79 Å². The van der Waals surface area contributed by atoms with E-state index in [1.165, 1.54) is 6.42 Å². The summed E-state index contributed by atoms with van der Waals surface area (Å²) in [5, 5.41) is 5.37. The Morgan fingerprint density at radius 3 is 2.83 bits per heavy atom. The van der Waals surface area contributed by atoms with Crippen molar-refractivity contribution in [2.24, 2.45) is 0 Å². The lowest BCUT2D eigenvalue weighted by Gasteiger charge is -2.34. The van der Waals surface area contributed by atoms with E-state index in [2.05, 4.69) is 20.3 Å². The summed E-state index contributed by atoms with van der Waals surface area (Å²) in [5.41, 5.74) is 0. The fourth-order valence-electron chi connectivity index (χ4n) is 2.24. The zero-order valence-corrected chi connectivity index (χ0v) is 11.2. The molecule has 1 aliphatic rings. The van der Waals surface area contributed by atoms with Gasteiger partial charge < -0.3 is 10.1 Å². The maximum absolute atomic E-state index is 11.7. The first-order valence-corrected chi connectivity index (χ1v) is 6.52. The Balaban J connectivity index is 2.38. The van der Waals surface area contributed by atoms with Crippen LogP contribution in [0.3, 0.4) is 0 Å². The Labute approximate surface area is 108 Å². The van der Waals surface area contributed by atoms with Crippen LogP contribution >= 0.6 is 0 Å². The van der Waals surface area contributed by atoms with Gasteiger partial charge in [0.25, 0.3) is 0 Å². The first-order chi connectivity index (χ1) is 8.67. The van der Waals surface area contributed by atoms with Crippen LogP contribution in [0.5, 0.6) is 0 Å². The molecule has 1 aliphatic heterocycles. The molecule has 0 spiro atoms. The van der Waals surface area contributed by atoms with Gasteiger partial charge in [-0.3, -0.25) is 15.0 Å². The quantitative estimate of drug-likeness (QED) is 0.743. The van der Waals surface area contributed by atoms with Crippen molar-refractivity contribution in [1.29, 1.82) is 0 Å². The molecule has 1 fully saturated rings. The first-order valence-electron chi connectivity index (χ1n) is 6.52. The van der Waals surface area contributed by atoms with Gasteiger partial charge >= 0.3 is 6.09 Å². The van der Waals surface area contributed by atoms with Crippen molar-refractivity contribution in [1.82, 2.24) is 15.5 Å². The molecule has 0 radical (unpaired) electrons. The van der Waals surface area contributed by atoms with Crippen LogP contribution in [-0.4, -0.2) is 56.2 Å². The van der Waals surface area contributed by atoms with Gasteiger partial charge in [0.1, 0.15) is 0 Å². The minimum absolute atomic E-state index is 0.255. The summed E-state index contributed by atoms with van der Waals surface area (Å²) in [6.07, 6.45) is 2.73. The largest absolute Gasteiger partial charge is 0.450 e. The summed E-state index contributed by atoms with van der Waals surface area (Å²) < 4.78 is 4.67. The van der Waals surface area contributed by atoms with Crippen molar-refractivity contribution >= 4 is 12.0 Å². The van der Waals surface area contributed by atoms with Crippen molar-refractivity contribution in [3.8, 4) is 0 Å². The molecule has 1 unspecified atom stereocenters. The number of likely N-dealkylation sites (N-methyl/N-ethyl adjacent to an activating group) is 1. The highest BCUT2D eigenvalue weighted by Gasteiger charge is 2.24. The molecule has 6 nitrogen and oxygen atoms in total. The van der Waals surface area contributed by atoms with Gasteiger partial charge in [0.2, 0.25) is 5.91 Å². The highest BCUT2D eigenvalue weighted by Crippen LogP contribution is 2.15. The molecule has 1 saturated heterocycles. The molecule has 2 N–H and O–H groups in total. The van der Waals surface area contributed by atoms with Crippen LogP contribution in [-0.2, 0) is 9.53 Å². The number of hydrogen-bond donors (Lipinski definition) is 2. The second-order valence-corrected chi connectivity index (χ2v) is 4.45. The van der Waals surface area contributed by atoms with E-state index in [9.17, 15) is 9.59 Å². The fraction of sp³-hybridized carbons (Fsp3) is 0.833. The number of ether oxygens (including phenoxy) is 1. The first kappa shape index (κ1) is 14.9. The van der Waals surface area contributed by atoms with E-state index in [0.29, 0.717) is 6.04 Å². The topological polar surface area (TPSA) is 70.7 Å². The lowest BCUT2D eigenvalue weighted by atomic mass is 10.0. The Morgan fingerprint density at radius 1 is 1.39 bits per heavy atom. The van der Waals surface area contributed by atoms with E-state index in [0.717, 1.165) is 25.9 Å². The third-order valence-corrected chi connectivity index (χ3v) is 3.05. The summed E-state index contributed by atoms with van der Waals surface area (Å²) in [5.74, 6) is -0.295. The van der Waals surface area contributed by atoms with Crippen LogP contribution in [0, 0.1) is 0 Å². The SMILES string of the molecule is CCOC(=O)NC(=O)CN1CCCCC1CNC. The number of alkyl carbamates (subject to hydrolysis) is 1. The summed E-state index contributed by atoms with van der Waals surface area (Å²) in [6.45, 7) is 4.00. The number of likely N-dealkylation sites (tertiary alicyclic amines) is 1. The minimum Gasteiger partial charge on any atom is -0.450 e. The molecule has 2 amide bonds. The molecule has 0 aromatic carbocycles. The average Bonchev–Trinajstić information content (AvgIpc) is 2.32. The number of amides is 2. The molecular formula is C12H23N3O3. The van der Waals surface area contributed by atoms with E-state index in [1.54, 1.807) is 6.92 Å². The van der Waals surface area contributed by atoms with Gasteiger partial charge in [-0.2, -0.15) is 0 Å². The maximum atomic E-state index is 11.7. The molecular weight excluding hydrogens is 234 g/mol. The Hall–Kier alpha value is -1.14. The predicted octanol–water partition coefficient (Wildman–Crippen LogP) is 0.333. The molecule has 104 valence electrons. The Kier molecular flexibility index (Phi) is 6.67. The minimum atomic E-state index is -0.662. The van der Waals surface area contributed by atoms with Crippen LogP contribution in [0.1, 0.15) is 26.2 Å². The van der Waals surface area contributed by atoms with Gasteiger partial charge in [0, 0.05) is 12.6 Å². The standard InChI is InChI=1S/C12H23N3O3/c1-3-18-12(17)14-11(16)9-15-7-5-4-6-10(15)8-13-2/h10,13H,3-9H2,1-2H3,(H,14,16,17). The number of hydrogen-bond acceptors (Lipinski definition) is 5. The molecule has 0 bridgehead atoms. The zero-order valence-electron chi connectivity index (χ0n) is 11.2. The van der Waals surface area contributed by atoms with Crippen molar-refractivity contribution in [3.05, 3.63) is 0 Å². The fourth-order valence-corrected chi connectivity index (χ4v) is 2.24. The van der Waals surface area contributed by atoms with Crippen molar-refractivity contribution < 1.29 is 14.3 Å². The molecule has 1 heterocycles. The van der Waals surface area contributed by atoms with Gasteiger partial charge in [0.05, 0.1) is 13.2 Å². The molecule has 18 heavy (non-hydrogen) atoms. The van der Waals surface area contributed by atoms with E-state index in [-0.39, 0.29) is 19.1 Å². The summed E-state index contributed by atoms with van der Waals surface area (Å²) in [4.78, 5) is 24.9. The van der Waals surface area contributed by atoms with Gasteiger partial charge in [-0.05, 0) is 33.4 Å². The van der Waals surface area contributed by atoms with Crippen LogP contribution in [0.4, 0.5) is 4.79 Å². The molecule has 0 aliphatic carbocycles. The van der Waals surface area contributed by atoms with Crippen LogP contribution < -0.4 is 10.6 Å². The second-order valence-electron chi connectivity index (χ2n) is 4.45. The van der Waals surface area contributed by atoms with Gasteiger partial charge in [-0.15, -0.1) is 0 Å². The maximum Gasteiger partial charge on any atom is 0.413 e. The molecule has 1 atom stereocenters. The van der Waals surface area contributed by atoms with E-state index in [4.69, 9.17) is 0 Å². The molecule has 0 saturated carbocycles. The van der Waals surface area contributed by atoms with Crippen molar-refractivity contribution in [2.45, 2.75) is 32.2 Å². The summed E-state index contributed by atoms with van der Waals surface area (Å²) in [6, 6.07) is 0.372. The van der Waals surface area contributed by atoms with Gasteiger partial charge in [0.15, 0.2) is 0 Å². The molecule has 6 heteroatoms. The van der Waals surface area contributed by atoms with Crippen molar-refractivity contribution in [3.63, 3.8) is 0 Å². The second kappa shape index (κ2) is 8.05. The highest BCUT2D eigenvalue weighted by molar-refractivity contribution is 5.92.